The standard InChI is InChI=1S/C19H15ClF3N3O2/c20-10-2-4-14(25-8-10)15(27)6-9-1-3-13(21)11(5-9)19(17(22)23)12-7-16(12)28-18(24)26-19/h1-5,8,12,16-17H,6-7H2,(H2,24,26)/t12-,16+,19+/m0/s1. The number of aliphatic imine (C=N–C) groups is 1. The van der Waals surface area contributed by atoms with E-state index in [9.17, 15) is 18.0 Å². The van der Waals surface area contributed by atoms with Crippen molar-refractivity contribution < 1.29 is 22.7 Å². The minimum absolute atomic E-state index is 0.134. The van der Waals surface area contributed by atoms with Gasteiger partial charge >= 0.3 is 0 Å². The third-order valence-electron chi connectivity index (χ3n) is 5.04. The highest BCUT2D eigenvalue weighted by molar-refractivity contribution is 6.30. The number of ketones is 1. The molecule has 1 aromatic heterocycles. The molecular formula is C19H15ClF3N3O2. The first-order valence-electron chi connectivity index (χ1n) is 8.55. The highest BCUT2D eigenvalue weighted by atomic mass is 35.5. The number of nitrogens with zero attached hydrogens (tertiary/aromatic N) is 2. The van der Waals surface area contributed by atoms with Crippen LogP contribution in [0.3, 0.4) is 0 Å². The molecule has 1 aliphatic carbocycles. The monoisotopic (exact) mass is 409 g/mol. The smallest absolute Gasteiger partial charge is 0.283 e. The van der Waals surface area contributed by atoms with E-state index in [1.165, 1.54) is 30.5 Å². The summed E-state index contributed by atoms with van der Waals surface area (Å²) in [5, 5.41) is 0.383. The maximum atomic E-state index is 14.6. The summed E-state index contributed by atoms with van der Waals surface area (Å²) in [5.41, 5.74) is 3.71. The van der Waals surface area contributed by atoms with Gasteiger partial charge in [0.25, 0.3) is 12.4 Å². The van der Waals surface area contributed by atoms with Gasteiger partial charge in [0.2, 0.25) is 0 Å². The third-order valence-corrected chi connectivity index (χ3v) is 5.26. The number of Topliss-reactive ketones (excluding diaryl/α,β-unsaturated/α-hetero) is 1. The van der Waals surface area contributed by atoms with Crippen LogP contribution < -0.4 is 5.73 Å². The number of pyridine rings is 1. The number of halogens is 4. The van der Waals surface area contributed by atoms with Gasteiger partial charge in [-0.2, -0.15) is 0 Å². The molecule has 9 heteroatoms. The first-order chi connectivity index (χ1) is 13.3. The zero-order chi connectivity index (χ0) is 20.1. The number of alkyl halides is 2. The number of carbonyl (C=O) groups excluding carboxylic acids is 1. The molecule has 28 heavy (non-hydrogen) atoms. The largest absolute Gasteiger partial charge is 0.462 e. The van der Waals surface area contributed by atoms with Crippen molar-refractivity contribution in [1.82, 2.24) is 4.98 Å². The van der Waals surface area contributed by atoms with Crippen molar-refractivity contribution in [2.24, 2.45) is 16.6 Å². The summed E-state index contributed by atoms with van der Waals surface area (Å²) in [6.07, 6.45) is -1.97. The zero-order valence-electron chi connectivity index (χ0n) is 14.4. The summed E-state index contributed by atoms with van der Waals surface area (Å²) in [5.74, 6) is -1.84. The zero-order valence-corrected chi connectivity index (χ0v) is 15.2. The normalized spacial score (nSPS) is 25.7. The van der Waals surface area contributed by atoms with Crippen LogP contribution in [0.25, 0.3) is 0 Å². The van der Waals surface area contributed by atoms with Crippen molar-refractivity contribution in [2.75, 3.05) is 0 Å². The van der Waals surface area contributed by atoms with Gasteiger partial charge < -0.3 is 10.5 Å². The van der Waals surface area contributed by atoms with E-state index in [-0.39, 0.29) is 29.5 Å². The lowest BCUT2D eigenvalue weighted by Crippen LogP contribution is -2.43. The Hall–Kier alpha value is -2.61. The Balaban J connectivity index is 1.70. The van der Waals surface area contributed by atoms with Crippen LogP contribution in [0.5, 0.6) is 0 Å². The fraction of sp³-hybridized carbons (Fsp3) is 0.316. The highest BCUT2D eigenvalue weighted by Gasteiger charge is 2.64. The second-order valence-electron chi connectivity index (χ2n) is 6.85. The lowest BCUT2D eigenvalue weighted by Gasteiger charge is -2.33. The third kappa shape index (κ3) is 3.11. The fourth-order valence-corrected chi connectivity index (χ4v) is 3.72. The summed E-state index contributed by atoms with van der Waals surface area (Å²) < 4.78 is 48.0. The molecule has 4 rings (SSSR count). The summed E-state index contributed by atoms with van der Waals surface area (Å²) >= 11 is 5.76. The number of rotatable bonds is 5. The molecule has 0 unspecified atom stereocenters. The summed E-state index contributed by atoms with van der Waals surface area (Å²) in [6.45, 7) is 0. The van der Waals surface area contributed by atoms with Gasteiger partial charge in [0, 0.05) is 24.1 Å². The molecule has 1 saturated carbocycles. The lowest BCUT2D eigenvalue weighted by molar-refractivity contribution is 0.0176. The average Bonchev–Trinajstić information content (AvgIpc) is 3.42. The predicted octanol–water partition coefficient (Wildman–Crippen LogP) is 3.49. The van der Waals surface area contributed by atoms with Gasteiger partial charge in [0.05, 0.1) is 5.02 Å². The van der Waals surface area contributed by atoms with E-state index >= 15 is 0 Å². The molecule has 1 fully saturated rings. The van der Waals surface area contributed by atoms with Crippen LogP contribution in [-0.4, -0.2) is 29.3 Å². The molecule has 0 spiro atoms. The molecule has 146 valence electrons. The molecule has 3 atom stereocenters. The lowest BCUT2D eigenvalue weighted by atomic mass is 9.83. The van der Waals surface area contributed by atoms with E-state index in [1.54, 1.807) is 0 Å². The molecule has 1 aromatic carbocycles. The summed E-state index contributed by atoms with van der Waals surface area (Å²) in [6, 6.07) is 6.31. The van der Waals surface area contributed by atoms with Crippen molar-refractivity contribution in [3.05, 3.63) is 64.2 Å². The van der Waals surface area contributed by atoms with Gasteiger partial charge in [-0.25, -0.2) is 18.2 Å². The topological polar surface area (TPSA) is 77.6 Å². The van der Waals surface area contributed by atoms with Crippen molar-refractivity contribution in [3.63, 3.8) is 0 Å². The molecule has 2 aromatic rings. The van der Waals surface area contributed by atoms with E-state index in [0.717, 1.165) is 6.07 Å². The van der Waals surface area contributed by atoms with E-state index in [4.69, 9.17) is 22.1 Å². The number of hydrogen-bond donors (Lipinski definition) is 1. The molecule has 2 N–H and O–H groups in total. The highest BCUT2D eigenvalue weighted by Crippen LogP contribution is 2.56. The molecule has 1 aliphatic heterocycles. The Morgan fingerprint density at radius 1 is 1.36 bits per heavy atom. The molecule has 2 heterocycles. The fourth-order valence-electron chi connectivity index (χ4n) is 3.61. The first-order valence-corrected chi connectivity index (χ1v) is 8.93. The summed E-state index contributed by atoms with van der Waals surface area (Å²) in [4.78, 5) is 20.2. The predicted molar refractivity (Wildman–Crippen MR) is 96.0 cm³/mol. The van der Waals surface area contributed by atoms with Crippen LogP contribution in [0.15, 0.2) is 41.5 Å². The number of amidine groups is 1. The van der Waals surface area contributed by atoms with Crippen LogP contribution in [0.4, 0.5) is 13.2 Å². The molecule has 0 amide bonds. The van der Waals surface area contributed by atoms with Crippen molar-refractivity contribution in [2.45, 2.75) is 30.9 Å². The van der Waals surface area contributed by atoms with Gasteiger partial charge in [0.15, 0.2) is 11.3 Å². The number of fused-ring (bicyclic) bond motifs is 1. The second-order valence-corrected chi connectivity index (χ2v) is 7.29. The Labute approximate surface area is 163 Å². The number of benzene rings is 1. The number of nitrogens with two attached hydrogens (primary N) is 1. The Bertz CT molecular complexity index is 967. The summed E-state index contributed by atoms with van der Waals surface area (Å²) in [7, 11) is 0. The van der Waals surface area contributed by atoms with E-state index in [0.29, 0.717) is 17.0 Å². The van der Waals surface area contributed by atoms with E-state index < -0.39 is 29.8 Å². The van der Waals surface area contributed by atoms with E-state index in [1.807, 2.05) is 0 Å². The Morgan fingerprint density at radius 2 is 2.14 bits per heavy atom. The van der Waals surface area contributed by atoms with Crippen LogP contribution >= 0.6 is 11.6 Å². The van der Waals surface area contributed by atoms with E-state index in [2.05, 4.69) is 9.98 Å². The molecule has 0 bridgehead atoms. The van der Waals surface area contributed by atoms with Crippen LogP contribution in [0.1, 0.15) is 28.0 Å². The number of hydrogen-bond acceptors (Lipinski definition) is 5. The molecule has 5 nitrogen and oxygen atoms in total. The quantitative estimate of drug-likeness (QED) is 0.767. The van der Waals surface area contributed by atoms with Gasteiger partial charge in [-0.1, -0.05) is 17.7 Å². The number of ether oxygens (including phenoxy) is 1. The molecular weight excluding hydrogens is 395 g/mol. The number of aromatic nitrogens is 1. The maximum Gasteiger partial charge on any atom is 0.283 e. The Kier molecular flexibility index (Phi) is 4.53. The second kappa shape index (κ2) is 6.77. The number of carbonyl (C=O) groups is 1. The molecule has 2 aliphatic rings. The van der Waals surface area contributed by atoms with Crippen molar-refractivity contribution in [3.8, 4) is 0 Å². The molecule has 0 saturated heterocycles. The van der Waals surface area contributed by atoms with Gasteiger partial charge in [-0.05, 0) is 36.2 Å². The maximum absolute atomic E-state index is 14.6. The SMILES string of the molecule is NC1=N[C@@](c2cc(CC(=O)c3ccc(Cl)cn3)ccc2F)(C(F)F)[C@H]2C[C@H]2O1. The molecule has 0 radical (unpaired) electrons. The minimum atomic E-state index is -2.98. The minimum Gasteiger partial charge on any atom is -0.462 e. The average molecular weight is 410 g/mol. The van der Waals surface area contributed by atoms with Crippen LogP contribution in [-0.2, 0) is 16.7 Å². The van der Waals surface area contributed by atoms with Crippen LogP contribution in [0.2, 0.25) is 5.02 Å². The van der Waals surface area contributed by atoms with Gasteiger partial charge in [0.1, 0.15) is 17.6 Å². The van der Waals surface area contributed by atoms with Crippen LogP contribution in [0, 0.1) is 11.7 Å². The Morgan fingerprint density at radius 3 is 2.82 bits per heavy atom. The van der Waals surface area contributed by atoms with Crippen molar-refractivity contribution in [1.29, 1.82) is 0 Å². The van der Waals surface area contributed by atoms with Crippen molar-refractivity contribution >= 4 is 23.4 Å². The van der Waals surface area contributed by atoms with Gasteiger partial charge in [-0.3, -0.25) is 9.78 Å². The first kappa shape index (κ1) is 18.7. The van der Waals surface area contributed by atoms with Gasteiger partial charge in [-0.15, -0.1) is 0 Å².